The van der Waals surface area contributed by atoms with Crippen molar-refractivity contribution in [3.05, 3.63) is 71.4 Å². The molecule has 0 spiro atoms. The average molecular weight is 503 g/mol. The molecule has 0 amide bonds. The first-order valence-electron chi connectivity index (χ1n) is 10.6. The van der Waals surface area contributed by atoms with Gasteiger partial charge in [-0.15, -0.1) is 0 Å². The molecule has 1 fully saturated rings. The van der Waals surface area contributed by atoms with Crippen molar-refractivity contribution in [3.63, 3.8) is 0 Å². The summed E-state index contributed by atoms with van der Waals surface area (Å²) in [6, 6.07) is 15.4. The highest BCUT2D eigenvalue weighted by molar-refractivity contribution is 7.89. The molecule has 1 saturated heterocycles. The number of sulfonamides is 1. The monoisotopic (exact) mass is 502 g/mol. The summed E-state index contributed by atoms with van der Waals surface area (Å²) in [5.41, 5.74) is 0.679. The molecule has 35 heavy (non-hydrogen) atoms. The zero-order chi connectivity index (χ0) is 25.2. The Morgan fingerprint density at radius 1 is 0.971 bits per heavy atom. The Bertz CT molecular complexity index is 1350. The van der Waals surface area contributed by atoms with E-state index in [4.69, 9.17) is 5.26 Å². The lowest BCUT2D eigenvalue weighted by molar-refractivity contribution is -0.141. The van der Waals surface area contributed by atoms with Crippen LogP contribution in [0.3, 0.4) is 0 Å². The molecule has 0 atom stereocenters. The van der Waals surface area contributed by atoms with Crippen LogP contribution in [-0.4, -0.2) is 48.9 Å². The lowest BCUT2D eigenvalue weighted by Gasteiger charge is -2.34. The summed E-state index contributed by atoms with van der Waals surface area (Å²) in [6.45, 7) is 2.27. The van der Waals surface area contributed by atoms with Crippen molar-refractivity contribution in [2.24, 2.45) is 0 Å². The van der Waals surface area contributed by atoms with Gasteiger partial charge < -0.3 is 10.2 Å². The van der Waals surface area contributed by atoms with Crippen molar-refractivity contribution >= 4 is 27.5 Å². The second kappa shape index (κ2) is 9.52. The van der Waals surface area contributed by atoms with E-state index in [-0.39, 0.29) is 42.8 Å². The van der Waals surface area contributed by atoms with Crippen LogP contribution in [0.1, 0.15) is 16.8 Å². The number of nitriles is 1. The number of nitrogens with one attached hydrogen (secondary N) is 1. The van der Waals surface area contributed by atoms with Gasteiger partial charge in [-0.25, -0.2) is 13.4 Å². The van der Waals surface area contributed by atoms with E-state index in [9.17, 15) is 21.6 Å². The summed E-state index contributed by atoms with van der Waals surface area (Å²) in [5.74, 6) is -0.218. The number of piperazine rings is 1. The van der Waals surface area contributed by atoms with Crippen LogP contribution in [0.15, 0.2) is 59.5 Å². The second-order valence-corrected chi connectivity index (χ2v) is 9.89. The van der Waals surface area contributed by atoms with Crippen molar-refractivity contribution in [1.29, 1.82) is 5.26 Å². The van der Waals surface area contributed by atoms with Crippen LogP contribution in [0.4, 0.5) is 30.6 Å². The van der Waals surface area contributed by atoms with Gasteiger partial charge in [0.05, 0.1) is 16.5 Å². The van der Waals surface area contributed by atoms with Gasteiger partial charge in [-0.2, -0.15) is 27.7 Å². The minimum Gasteiger partial charge on any atom is -0.340 e. The number of aromatic nitrogens is 2. The smallest absolute Gasteiger partial charge is 0.340 e. The maximum Gasteiger partial charge on any atom is 0.433 e. The van der Waals surface area contributed by atoms with Crippen molar-refractivity contribution in [2.75, 3.05) is 36.4 Å². The van der Waals surface area contributed by atoms with Gasteiger partial charge in [0.2, 0.25) is 16.0 Å². The van der Waals surface area contributed by atoms with Crippen LogP contribution >= 0.6 is 0 Å². The Balaban J connectivity index is 1.54. The first-order chi connectivity index (χ1) is 16.6. The minimum atomic E-state index is -4.70. The summed E-state index contributed by atoms with van der Waals surface area (Å²) < 4.78 is 67.7. The molecule has 0 aliphatic carbocycles. The third-order valence-corrected chi connectivity index (χ3v) is 7.38. The van der Waals surface area contributed by atoms with Gasteiger partial charge in [0.1, 0.15) is 5.82 Å². The molecule has 0 saturated carbocycles. The molecule has 2 heterocycles. The number of halogens is 3. The molecule has 8 nitrogen and oxygen atoms in total. The molecular formula is C23H21F3N6O2S. The van der Waals surface area contributed by atoms with E-state index in [1.165, 1.54) is 33.5 Å². The highest BCUT2D eigenvalue weighted by atomic mass is 32.2. The molecule has 1 aromatic heterocycles. The van der Waals surface area contributed by atoms with Gasteiger partial charge in [-0.05, 0) is 43.3 Å². The highest BCUT2D eigenvalue weighted by Gasteiger charge is 2.35. The Kier molecular flexibility index (Phi) is 6.64. The first kappa shape index (κ1) is 24.4. The van der Waals surface area contributed by atoms with E-state index in [0.29, 0.717) is 11.3 Å². The summed E-state index contributed by atoms with van der Waals surface area (Å²) in [6.07, 6.45) is -4.70. The Labute approximate surface area is 200 Å². The molecule has 2 aromatic carbocycles. The van der Waals surface area contributed by atoms with Crippen LogP contribution in [0.2, 0.25) is 0 Å². The first-order valence-corrected chi connectivity index (χ1v) is 12.1. The van der Waals surface area contributed by atoms with Gasteiger partial charge >= 0.3 is 6.18 Å². The number of alkyl halides is 3. The summed E-state index contributed by atoms with van der Waals surface area (Å²) in [5, 5.41) is 11.7. The maximum absolute atomic E-state index is 13.5. The number of nitrogens with zero attached hydrogens (tertiary/aromatic N) is 5. The fourth-order valence-electron chi connectivity index (χ4n) is 3.55. The predicted octanol–water partition coefficient (Wildman–Crippen LogP) is 3.93. The zero-order valence-electron chi connectivity index (χ0n) is 18.6. The van der Waals surface area contributed by atoms with E-state index >= 15 is 0 Å². The quantitative estimate of drug-likeness (QED) is 0.564. The average Bonchev–Trinajstić information content (AvgIpc) is 2.84. The number of benzene rings is 2. The number of hydrogen-bond acceptors (Lipinski definition) is 7. The Hall–Kier alpha value is -3.69. The molecule has 0 radical (unpaired) electrons. The van der Waals surface area contributed by atoms with Crippen molar-refractivity contribution in [2.45, 2.75) is 18.0 Å². The molecule has 1 N–H and O–H groups in total. The lowest BCUT2D eigenvalue weighted by Crippen LogP contribution is -2.49. The van der Waals surface area contributed by atoms with Crippen molar-refractivity contribution in [3.8, 4) is 6.07 Å². The standard InChI is InChI=1S/C23H21F3N6O2S/c1-16-2-8-19(9-3-16)35(33,34)32-12-10-31(11-13-32)22-29-20(23(24,25)26)14-21(30-22)28-18-6-4-17(15-27)5-7-18/h2-9,14H,10-13H2,1H3,(H,28,29,30). The van der Waals surface area contributed by atoms with Gasteiger partial charge in [-0.1, -0.05) is 17.7 Å². The van der Waals surface area contributed by atoms with Crippen molar-refractivity contribution < 1.29 is 21.6 Å². The third-order valence-electron chi connectivity index (χ3n) is 5.47. The lowest BCUT2D eigenvalue weighted by atomic mass is 10.2. The number of hydrogen-bond donors (Lipinski definition) is 1. The topological polar surface area (TPSA) is 102 Å². The Morgan fingerprint density at radius 2 is 1.60 bits per heavy atom. The largest absolute Gasteiger partial charge is 0.433 e. The summed E-state index contributed by atoms with van der Waals surface area (Å²) >= 11 is 0. The normalized spacial score (nSPS) is 15.0. The van der Waals surface area contributed by atoms with E-state index in [2.05, 4.69) is 15.3 Å². The number of rotatable bonds is 5. The second-order valence-electron chi connectivity index (χ2n) is 7.95. The maximum atomic E-state index is 13.5. The fourth-order valence-corrected chi connectivity index (χ4v) is 4.97. The molecule has 0 unspecified atom stereocenters. The molecular weight excluding hydrogens is 481 g/mol. The fraction of sp³-hybridized carbons (Fsp3) is 0.261. The van der Waals surface area contributed by atoms with E-state index in [0.717, 1.165) is 11.6 Å². The van der Waals surface area contributed by atoms with Crippen molar-refractivity contribution in [1.82, 2.24) is 14.3 Å². The van der Waals surface area contributed by atoms with Gasteiger partial charge in [0, 0.05) is 37.9 Å². The molecule has 12 heteroatoms. The molecule has 182 valence electrons. The third kappa shape index (κ3) is 5.52. The summed E-state index contributed by atoms with van der Waals surface area (Å²) in [7, 11) is -3.72. The van der Waals surface area contributed by atoms with Gasteiger partial charge in [0.15, 0.2) is 5.69 Å². The molecule has 0 bridgehead atoms. The van der Waals surface area contributed by atoms with E-state index < -0.39 is 21.9 Å². The van der Waals surface area contributed by atoms with Crippen LogP contribution in [0.25, 0.3) is 0 Å². The molecule has 4 rings (SSSR count). The van der Waals surface area contributed by atoms with Crippen LogP contribution in [-0.2, 0) is 16.2 Å². The van der Waals surface area contributed by atoms with Crippen LogP contribution in [0, 0.1) is 18.3 Å². The molecule has 3 aromatic rings. The van der Waals surface area contributed by atoms with E-state index in [1.54, 1.807) is 24.3 Å². The van der Waals surface area contributed by atoms with Gasteiger partial charge in [-0.3, -0.25) is 0 Å². The van der Waals surface area contributed by atoms with Crippen LogP contribution < -0.4 is 10.2 Å². The van der Waals surface area contributed by atoms with Gasteiger partial charge in [0.25, 0.3) is 0 Å². The zero-order valence-corrected chi connectivity index (χ0v) is 19.4. The predicted molar refractivity (Wildman–Crippen MR) is 124 cm³/mol. The minimum absolute atomic E-state index is 0.0678. The molecule has 1 aliphatic rings. The SMILES string of the molecule is Cc1ccc(S(=O)(=O)N2CCN(c3nc(Nc4ccc(C#N)cc4)cc(C(F)(F)F)n3)CC2)cc1. The van der Waals surface area contributed by atoms with E-state index in [1.807, 2.05) is 13.0 Å². The number of anilines is 3. The highest BCUT2D eigenvalue weighted by Crippen LogP contribution is 2.31. The Morgan fingerprint density at radius 3 is 2.17 bits per heavy atom. The van der Waals surface area contributed by atoms with Crippen LogP contribution in [0.5, 0.6) is 0 Å². The summed E-state index contributed by atoms with van der Waals surface area (Å²) in [4.78, 5) is 9.62. The number of aryl methyl sites for hydroxylation is 1. The molecule has 1 aliphatic heterocycles.